The van der Waals surface area contributed by atoms with Gasteiger partial charge in [0, 0.05) is 25.7 Å². The van der Waals surface area contributed by atoms with Gasteiger partial charge in [-0.05, 0) is 51.7 Å². The van der Waals surface area contributed by atoms with Crippen LogP contribution in [0.15, 0.2) is 41.1 Å². The summed E-state index contributed by atoms with van der Waals surface area (Å²) >= 11 is 0. The third-order valence-corrected chi connectivity index (χ3v) is 6.10. The Bertz CT molecular complexity index is 796. The molecule has 2 fully saturated rings. The van der Waals surface area contributed by atoms with E-state index in [1.807, 2.05) is 42.2 Å². The lowest BCUT2D eigenvalue weighted by atomic mass is 9.79. The molecule has 6 nitrogen and oxygen atoms in total. The number of piperidine rings is 1. The third kappa shape index (κ3) is 3.65. The van der Waals surface area contributed by atoms with Crippen molar-refractivity contribution in [2.75, 3.05) is 19.6 Å². The van der Waals surface area contributed by atoms with Crippen LogP contribution in [-0.2, 0) is 0 Å². The van der Waals surface area contributed by atoms with E-state index in [1.54, 1.807) is 0 Å². The number of hydrogen-bond acceptors (Lipinski definition) is 5. The van der Waals surface area contributed by atoms with Crippen LogP contribution in [0.4, 0.5) is 0 Å². The standard InChI is InChI=1S/C22H29N3O3/c1-15(2)25-13-19(28-18-7-5-4-6-8-18)20(25)17-9-11-24(12-10-17)22(26)21-16(3)23-14-27-21/h4-8,14-15,17,19-20H,9-13H2,1-3H3/t19-,20-/m0/s1. The number of likely N-dealkylation sites (tertiary alicyclic amines) is 2. The Morgan fingerprint density at radius 2 is 1.93 bits per heavy atom. The number of hydrogen-bond donors (Lipinski definition) is 0. The van der Waals surface area contributed by atoms with Crippen LogP contribution in [0.5, 0.6) is 5.75 Å². The fourth-order valence-electron chi connectivity index (χ4n) is 4.52. The van der Waals surface area contributed by atoms with Crippen LogP contribution in [0.3, 0.4) is 0 Å². The predicted octanol–water partition coefficient (Wildman–Crippen LogP) is 3.38. The van der Waals surface area contributed by atoms with E-state index in [-0.39, 0.29) is 12.0 Å². The predicted molar refractivity (Wildman–Crippen MR) is 106 cm³/mol. The summed E-state index contributed by atoms with van der Waals surface area (Å²) in [5.74, 6) is 1.80. The summed E-state index contributed by atoms with van der Waals surface area (Å²) in [6.45, 7) is 8.78. The van der Waals surface area contributed by atoms with Crippen molar-refractivity contribution < 1.29 is 13.9 Å². The summed E-state index contributed by atoms with van der Waals surface area (Å²) in [6.07, 6.45) is 3.53. The zero-order valence-electron chi connectivity index (χ0n) is 16.9. The van der Waals surface area contributed by atoms with Crippen LogP contribution in [0.1, 0.15) is 42.9 Å². The summed E-state index contributed by atoms with van der Waals surface area (Å²) < 4.78 is 11.6. The topological polar surface area (TPSA) is 58.8 Å². The van der Waals surface area contributed by atoms with Gasteiger partial charge in [0.25, 0.3) is 5.91 Å². The molecule has 0 unspecified atom stereocenters. The molecule has 2 aliphatic heterocycles. The first kappa shape index (κ1) is 19.0. The zero-order valence-corrected chi connectivity index (χ0v) is 16.9. The van der Waals surface area contributed by atoms with Crippen molar-refractivity contribution in [3.8, 4) is 5.75 Å². The molecule has 150 valence electrons. The van der Waals surface area contributed by atoms with Gasteiger partial charge in [-0.1, -0.05) is 18.2 Å². The van der Waals surface area contributed by atoms with E-state index in [4.69, 9.17) is 9.15 Å². The Hall–Kier alpha value is -2.34. The van der Waals surface area contributed by atoms with E-state index < -0.39 is 0 Å². The van der Waals surface area contributed by atoms with Crippen molar-refractivity contribution in [2.24, 2.45) is 5.92 Å². The quantitative estimate of drug-likeness (QED) is 0.792. The molecule has 0 aliphatic carbocycles. The molecule has 2 aromatic rings. The van der Waals surface area contributed by atoms with Crippen LogP contribution < -0.4 is 4.74 Å². The van der Waals surface area contributed by atoms with E-state index in [1.165, 1.54) is 6.39 Å². The Labute approximate surface area is 166 Å². The zero-order chi connectivity index (χ0) is 19.7. The molecule has 0 radical (unpaired) electrons. The molecule has 2 atom stereocenters. The molecule has 3 heterocycles. The monoisotopic (exact) mass is 383 g/mol. The van der Waals surface area contributed by atoms with Gasteiger partial charge in [-0.15, -0.1) is 0 Å². The van der Waals surface area contributed by atoms with Crippen LogP contribution in [-0.4, -0.2) is 58.5 Å². The van der Waals surface area contributed by atoms with Gasteiger partial charge in [0.15, 0.2) is 6.39 Å². The lowest BCUT2D eigenvalue weighted by molar-refractivity contribution is -0.0984. The Morgan fingerprint density at radius 1 is 1.21 bits per heavy atom. The Morgan fingerprint density at radius 3 is 2.54 bits per heavy atom. The van der Waals surface area contributed by atoms with Gasteiger partial charge in [0.2, 0.25) is 5.76 Å². The summed E-state index contributed by atoms with van der Waals surface area (Å²) in [4.78, 5) is 21.2. The molecule has 0 N–H and O–H groups in total. The van der Waals surface area contributed by atoms with Gasteiger partial charge in [0.1, 0.15) is 11.9 Å². The maximum Gasteiger partial charge on any atom is 0.291 e. The summed E-state index contributed by atoms with van der Waals surface area (Å²) in [5, 5.41) is 0. The van der Waals surface area contributed by atoms with Crippen LogP contribution in [0, 0.1) is 12.8 Å². The number of aryl methyl sites for hydroxylation is 1. The highest BCUT2D eigenvalue weighted by Crippen LogP contribution is 2.36. The molecule has 0 spiro atoms. The van der Waals surface area contributed by atoms with E-state index in [0.29, 0.717) is 29.5 Å². The number of para-hydroxylation sites is 1. The highest BCUT2D eigenvalue weighted by atomic mass is 16.5. The molecule has 2 saturated heterocycles. The second-order valence-electron chi connectivity index (χ2n) is 8.15. The number of benzene rings is 1. The number of aromatic nitrogens is 1. The van der Waals surface area contributed by atoms with E-state index >= 15 is 0 Å². The second-order valence-corrected chi connectivity index (χ2v) is 8.15. The Balaban J connectivity index is 1.39. The van der Waals surface area contributed by atoms with E-state index in [0.717, 1.165) is 38.2 Å². The molecule has 1 aromatic carbocycles. The number of carbonyl (C=O) groups excluding carboxylic acids is 1. The van der Waals surface area contributed by atoms with Crippen molar-refractivity contribution in [3.63, 3.8) is 0 Å². The first-order chi connectivity index (χ1) is 13.5. The minimum atomic E-state index is -0.0418. The van der Waals surface area contributed by atoms with Crippen LogP contribution in [0.25, 0.3) is 0 Å². The highest BCUT2D eigenvalue weighted by Gasteiger charge is 2.47. The summed E-state index contributed by atoms with van der Waals surface area (Å²) in [6, 6.07) is 11.0. The fourth-order valence-corrected chi connectivity index (χ4v) is 4.52. The SMILES string of the molecule is Cc1ncoc1C(=O)N1CCC([C@H]2[C@@H](Oc3ccccc3)CN2C(C)C)CC1. The number of rotatable bonds is 5. The Kier molecular flexibility index (Phi) is 5.40. The lowest BCUT2D eigenvalue weighted by Crippen LogP contribution is -2.68. The van der Waals surface area contributed by atoms with Gasteiger partial charge < -0.3 is 14.1 Å². The molecule has 0 saturated carbocycles. The van der Waals surface area contributed by atoms with E-state index in [2.05, 4.69) is 23.7 Å². The normalized spacial score (nSPS) is 23.6. The van der Waals surface area contributed by atoms with Gasteiger partial charge in [-0.2, -0.15) is 0 Å². The molecule has 1 amide bonds. The van der Waals surface area contributed by atoms with Gasteiger partial charge in [-0.3, -0.25) is 9.69 Å². The number of carbonyl (C=O) groups is 1. The molecule has 1 aromatic heterocycles. The minimum Gasteiger partial charge on any atom is -0.487 e. The van der Waals surface area contributed by atoms with Crippen molar-refractivity contribution in [1.82, 2.24) is 14.8 Å². The third-order valence-electron chi connectivity index (χ3n) is 6.10. The smallest absolute Gasteiger partial charge is 0.291 e. The second kappa shape index (κ2) is 7.95. The minimum absolute atomic E-state index is 0.0418. The molecule has 6 heteroatoms. The van der Waals surface area contributed by atoms with Crippen LogP contribution >= 0.6 is 0 Å². The van der Waals surface area contributed by atoms with Gasteiger partial charge in [0.05, 0.1) is 11.7 Å². The lowest BCUT2D eigenvalue weighted by Gasteiger charge is -2.54. The molecule has 0 bridgehead atoms. The number of ether oxygens (including phenoxy) is 1. The van der Waals surface area contributed by atoms with Gasteiger partial charge in [-0.25, -0.2) is 4.98 Å². The average Bonchev–Trinajstić information content (AvgIpc) is 3.11. The van der Waals surface area contributed by atoms with E-state index in [9.17, 15) is 4.79 Å². The maximum absolute atomic E-state index is 12.7. The van der Waals surface area contributed by atoms with Gasteiger partial charge >= 0.3 is 0 Å². The number of amides is 1. The van der Waals surface area contributed by atoms with Crippen molar-refractivity contribution in [2.45, 2.75) is 51.8 Å². The van der Waals surface area contributed by atoms with Crippen molar-refractivity contribution in [1.29, 1.82) is 0 Å². The first-order valence-electron chi connectivity index (χ1n) is 10.2. The summed E-state index contributed by atoms with van der Waals surface area (Å²) in [5.41, 5.74) is 0.661. The highest BCUT2D eigenvalue weighted by molar-refractivity contribution is 5.92. The largest absolute Gasteiger partial charge is 0.487 e. The maximum atomic E-state index is 12.7. The number of oxazole rings is 1. The van der Waals surface area contributed by atoms with Crippen molar-refractivity contribution >= 4 is 5.91 Å². The molecule has 2 aliphatic rings. The molecular formula is C22H29N3O3. The molecular weight excluding hydrogens is 354 g/mol. The molecule has 4 rings (SSSR count). The number of nitrogens with zero attached hydrogens (tertiary/aromatic N) is 3. The van der Waals surface area contributed by atoms with Crippen LogP contribution in [0.2, 0.25) is 0 Å². The summed E-state index contributed by atoms with van der Waals surface area (Å²) in [7, 11) is 0. The first-order valence-corrected chi connectivity index (χ1v) is 10.2. The average molecular weight is 383 g/mol. The fraction of sp³-hybridized carbons (Fsp3) is 0.545. The van der Waals surface area contributed by atoms with Crippen molar-refractivity contribution in [3.05, 3.63) is 48.2 Å². The molecule has 28 heavy (non-hydrogen) atoms.